The number of aryl methyl sites for hydroxylation is 1. The second-order valence-electron chi connectivity index (χ2n) is 7.17. The van der Waals surface area contributed by atoms with Crippen LogP contribution in [0.25, 0.3) is 0 Å². The summed E-state index contributed by atoms with van der Waals surface area (Å²) in [6, 6.07) is 5.32. The minimum Gasteiger partial charge on any atom is -0.403 e. The number of aliphatic hydroxyl groups excluding tert-OH is 1. The number of aliphatic hydroxyl groups is 1. The Kier molecular flexibility index (Phi) is 5.64. The zero-order valence-electron chi connectivity index (χ0n) is 16.2. The van der Waals surface area contributed by atoms with Crippen LogP contribution in [0.15, 0.2) is 29.2 Å². The molecular weight excluding hydrogens is 450 g/mol. The summed E-state index contributed by atoms with van der Waals surface area (Å²) < 4.78 is 50.2. The van der Waals surface area contributed by atoms with Crippen molar-refractivity contribution in [1.82, 2.24) is 9.55 Å². The summed E-state index contributed by atoms with van der Waals surface area (Å²) in [5.41, 5.74) is 0.754. The maximum atomic E-state index is 15.3. The molecule has 164 valence electrons. The Morgan fingerprint density at radius 1 is 1.55 bits per heavy atom. The van der Waals surface area contributed by atoms with Crippen molar-refractivity contribution < 1.29 is 32.4 Å². The topological polar surface area (TPSA) is 112 Å². The van der Waals surface area contributed by atoms with Crippen molar-refractivity contribution in [2.24, 2.45) is 0 Å². The second-order valence-corrected chi connectivity index (χ2v) is 9.15. The van der Waals surface area contributed by atoms with E-state index >= 15 is 4.39 Å². The Hall–Kier alpha value is -2.32. The van der Waals surface area contributed by atoms with Gasteiger partial charge in [0.25, 0.3) is 5.56 Å². The van der Waals surface area contributed by atoms with E-state index in [-0.39, 0.29) is 16.9 Å². The number of phosphoric acid groups is 1. The molecule has 1 aromatic heterocycles. The molecule has 9 nitrogen and oxygen atoms in total. The van der Waals surface area contributed by atoms with Crippen LogP contribution in [0.2, 0.25) is 0 Å². The number of ether oxygens (including phenoxy) is 1. The molecule has 31 heavy (non-hydrogen) atoms. The van der Waals surface area contributed by atoms with E-state index in [0.717, 1.165) is 10.1 Å². The first-order valence-electron chi connectivity index (χ1n) is 9.17. The highest BCUT2D eigenvalue weighted by Gasteiger charge is 2.50. The summed E-state index contributed by atoms with van der Waals surface area (Å²) in [7, 11) is -4.11. The van der Waals surface area contributed by atoms with Crippen molar-refractivity contribution in [3.8, 4) is 18.1 Å². The van der Waals surface area contributed by atoms with Gasteiger partial charge in [-0.15, -0.1) is 6.42 Å². The van der Waals surface area contributed by atoms with Gasteiger partial charge in [0.1, 0.15) is 24.0 Å². The lowest BCUT2D eigenvalue weighted by Crippen LogP contribution is -2.30. The molecule has 2 aliphatic rings. The number of rotatable bonds is 4. The molecule has 1 unspecified atom stereocenters. The number of aromatic amines is 1. The molecule has 4 atom stereocenters. The third-order valence-corrected chi connectivity index (χ3v) is 6.50. The van der Waals surface area contributed by atoms with E-state index in [2.05, 4.69) is 10.9 Å². The normalized spacial score (nSPS) is 29.7. The Balaban J connectivity index is 1.50. The van der Waals surface area contributed by atoms with E-state index in [1.54, 1.807) is 25.1 Å². The van der Waals surface area contributed by atoms with Crippen LogP contribution in [0, 0.1) is 24.0 Å². The molecule has 0 saturated carbocycles. The fourth-order valence-electron chi connectivity index (χ4n) is 3.35. The van der Waals surface area contributed by atoms with Gasteiger partial charge in [0.05, 0.1) is 6.61 Å². The van der Waals surface area contributed by atoms with Gasteiger partial charge in [0.15, 0.2) is 11.0 Å². The fraction of sp³-hybridized carbons (Fsp3) is 0.368. The molecule has 3 heterocycles. The molecule has 12 heteroatoms. The van der Waals surface area contributed by atoms with E-state index in [1.807, 2.05) is 0 Å². The van der Waals surface area contributed by atoms with Gasteiger partial charge in [-0.2, -0.15) is 0 Å². The minimum atomic E-state index is -4.11. The second kappa shape index (κ2) is 7.98. The van der Waals surface area contributed by atoms with Crippen LogP contribution in [0.5, 0.6) is 5.75 Å². The van der Waals surface area contributed by atoms with Gasteiger partial charge in [-0.3, -0.25) is 23.4 Å². The number of aromatic nitrogens is 2. The van der Waals surface area contributed by atoms with Crippen LogP contribution in [0.4, 0.5) is 4.39 Å². The number of fused-ring (bicyclic) bond motifs is 1. The first kappa shape index (κ1) is 21.9. The number of nitrogens with zero attached hydrogens (tertiary/aromatic N) is 1. The van der Waals surface area contributed by atoms with E-state index in [4.69, 9.17) is 36.9 Å². The van der Waals surface area contributed by atoms with Gasteiger partial charge in [0, 0.05) is 18.2 Å². The van der Waals surface area contributed by atoms with Crippen molar-refractivity contribution >= 4 is 20.0 Å². The number of alkyl halides is 1. The fourth-order valence-corrected chi connectivity index (χ4v) is 4.91. The SMILES string of the molecule is C#Cc1cn([C@@H]2O[C@](F)(COP3(=O)OCc4cccc(C)c4O3)C[C@H]2O)c(=S)[nH]c1=O. The summed E-state index contributed by atoms with van der Waals surface area (Å²) in [4.78, 5) is 14.1. The molecule has 0 amide bonds. The smallest absolute Gasteiger partial charge is 0.403 e. The van der Waals surface area contributed by atoms with E-state index in [1.165, 1.54) is 6.20 Å². The Morgan fingerprint density at radius 2 is 2.32 bits per heavy atom. The molecule has 1 saturated heterocycles. The lowest BCUT2D eigenvalue weighted by atomic mass is 10.1. The van der Waals surface area contributed by atoms with Gasteiger partial charge in [0.2, 0.25) is 5.85 Å². The predicted molar refractivity (Wildman–Crippen MR) is 109 cm³/mol. The van der Waals surface area contributed by atoms with Crippen LogP contribution in [0.1, 0.15) is 29.3 Å². The maximum absolute atomic E-state index is 15.3. The molecule has 1 fully saturated rings. The number of terminal acetylenes is 1. The summed E-state index contributed by atoms with van der Waals surface area (Å²) in [6.45, 7) is 0.906. The highest BCUT2D eigenvalue weighted by Crippen LogP contribution is 2.56. The van der Waals surface area contributed by atoms with Crippen molar-refractivity contribution in [1.29, 1.82) is 0 Å². The molecular formula is C19H18FN2O7PS. The molecule has 2 aromatic rings. The molecule has 0 aliphatic carbocycles. The first-order valence-corrected chi connectivity index (χ1v) is 11.0. The lowest BCUT2D eigenvalue weighted by molar-refractivity contribution is -0.178. The number of phosphoric ester groups is 1. The van der Waals surface area contributed by atoms with E-state index in [9.17, 15) is 14.5 Å². The average molecular weight is 468 g/mol. The van der Waals surface area contributed by atoms with Crippen molar-refractivity contribution in [3.05, 3.63) is 56.2 Å². The average Bonchev–Trinajstić information content (AvgIpc) is 3.02. The first-order chi connectivity index (χ1) is 14.6. The zero-order valence-corrected chi connectivity index (χ0v) is 18.0. The quantitative estimate of drug-likeness (QED) is 0.400. The zero-order chi connectivity index (χ0) is 22.4. The van der Waals surface area contributed by atoms with Gasteiger partial charge in [-0.25, -0.2) is 8.96 Å². The monoisotopic (exact) mass is 468 g/mol. The summed E-state index contributed by atoms with van der Waals surface area (Å²) in [5, 5.41) is 10.3. The highest BCUT2D eigenvalue weighted by atomic mass is 32.1. The van der Waals surface area contributed by atoms with Crippen LogP contribution in [-0.2, 0) is 25.0 Å². The number of hydrogen-bond acceptors (Lipinski definition) is 8. The largest absolute Gasteiger partial charge is 0.530 e. The van der Waals surface area contributed by atoms with Crippen LogP contribution < -0.4 is 10.1 Å². The number of hydrogen-bond donors (Lipinski definition) is 2. The van der Waals surface area contributed by atoms with E-state index < -0.39 is 44.6 Å². The van der Waals surface area contributed by atoms with Gasteiger partial charge < -0.3 is 14.4 Å². The molecule has 2 aliphatic heterocycles. The van der Waals surface area contributed by atoms with Crippen LogP contribution in [-0.4, -0.2) is 33.2 Å². The molecule has 0 spiro atoms. The molecule has 1 aromatic carbocycles. The number of para-hydroxylation sites is 1. The van der Waals surface area contributed by atoms with E-state index in [0.29, 0.717) is 11.3 Å². The molecule has 0 radical (unpaired) electrons. The predicted octanol–water partition coefficient (Wildman–Crippen LogP) is 2.88. The molecule has 4 rings (SSSR count). The highest BCUT2D eigenvalue weighted by molar-refractivity contribution is 7.71. The van der Waals surface area contributed by atoms with Crippen LogP contribution >= 0.6 is 20.0 Å². The number of benzene rings is 1. The van der Waals surface area contributed by atoms with Gasteiger partial charge in [-0.1, -0.05) is 24.1 Å². The minimum absolute atomic E-state index is 0.0267. The molecule has 2 N–H and O–H groups in total. The van der Waals surface area contributed by atoms with Gasteiger partial charge >= 0.3 is 7.82 Å². The van der Waals surface area contributed by atoms with Crippen LogP contribution in [0.3, 0.4) is 0 Å². The maximum Gasteiger partial charge on any atom is 0.530 e. The van der Waals surface area contributed by atoms with Crippen molar-refractivity contribution in [3.63, 3.8) is 0 Å². The molecule has 0 bridgehead atoms. The third-order valence-electron chi connectivity index (χ3n) is 4.89. The third kappa shape index (κ3) is 4.23. The standard InChI is InChI=1S/C19H18FN2O7PS/c1-3-12-8-22(18(31)21-16(12)24)17-14(23)7-19(20,28-17)10-27-30(25)26-9-13-6-4-5-11(2)15(13)29-30/h1,4-6,8,14,17,23H,7,9-10H2,2H3,(H,21,24,31)/t14-,17-,19+,30?/m1/s1. The summed E-state index contributed by atoms with van der Waals surface area (Å²) in [5.74, 6) is 0.00284. The number of H-pyrrole nitrogens is 1. The Morgan fingerprint density at radius 3 is 3.06 bits per heavy atom. The van der Waals surface area contributed by atoms with Crippen molar-refractivity contribution in [2.45, 2.75) is 38.1 Å². The summed E-state index contributed by atoms with van der Waals surface area (Å²) >= 11 is 5.06. The summed E-state index contributed by atoms with van der Waals surface area (Å²) in [6.07, 6.45) is 3.31. The van der Waals surface area contributed by atoms with Gasteiger partial charge in [-0.05, 0) is 24.7 Å². The number of halogens is 1. The lowest BCUT2D eigenvalue weighted by Gasteiger charge is -2.28. The van der Waals surface area contributed by atoms with Crippen molar-refractivity contribution in [2.75, 3.05) is 6.61 Å². The number of nitrogens with one attached hydrogen (secondary N) is 1. The Bertz CT molecular complexity index is 1240. The Labute approximate surface area is 181 Å².